The van der Waals surface area contributed by atoms with Crippen molar-refractivity contribution in [3.8, 4) is 0 Å². The van der Waals surface area contributed by atoms with Gasteiger partial charge in [0.1, 0.15) is 6.54 Å². The van der Waals surface area contributed by atoms with E-state index >= 15 is 0 Å². The van der Waals surface area contributed by atoms with Gasteiger partial charge in [0.15, 0.2) is 0 Å². The molecule has 0 fully saturated rings. The summed E-state index contributed by atoms with van der Waals surface area (Å²) in [6.45, 7) is 0.457. The predicted octanol–water partition coefficient (Wildman–Crippen LogP) is -0.448. The van der Waals surface area contributed by atoms with E-state index in [0.29, 0.717) is 17.7 Å². The molecule has 0 unspecified atom stereocenters. The number of benzene rings is 1. The van der Waals surface area contributed by atoms with Gasteiger partial charge >= 0.3 is 0 Å². The Morgan fingerprint density at radius 2 is 1.54 bits per heavy atom. The van der Waals surface area contributed by atoms with Gasteiger partial charge in [-0.3, -0.25) is 24.1 Å². The molecule has 0 bridgehead atoms. The summed E-state index contributed by atoms with van der Waals surface area (Å²) in [5, 5.41) is 5.17. The van der Waals surface area contributed by atoms with E-state index in [0.717, 1.165) is 4.90 Å². The first-order valence-electron chi connectivity index (χ1n) is 7.52. The van der Waals surface area contributed by atoms with Crippen LogP contribution in [-0.2, 0) is 14.3 Å². The Hall–Kier alpha value is -2.74. The minimum Gasteiger partial charge on any atom is -0.384 e. The van der Waals surface area contributed by atoms with Crippen molar-refractivity contribution in [1.29, 1.82) is 0 Å². The molecule has 2 rings (SSSR count). The largest absolute Gasteiger partial charge is 0.384 e. The lowest BCUT2D eigenvalue weighted by Crippen LogP contribution is -2.42. The van der Waals surface area contributed by atoms with E-state index in [1.54, 1.807) is 24.3 Å². The van der Waals surface area contributed by atoms with E-state index in [9.17, 15) is 19.2 Å². The van der Waals surface area contributed by atoms with Crippen LogP contribution in [0.4, 0.5) is 0 Å². The number of carbonyl (C=O) groups excluding carboxylic acids is 4. The standard InChI is InChI=1S/C16H19N3O5/c1-24-9-6-13(20)17-7-8-18-14(21)10-19-15(22)11-4-2-3-5-12(11)16(19)23/h2-5H,6-10H2,1H3,(H,17,20)(H,18,21). The second-order valence-corrected chi connectivity index (χ2v) is 5.18. The number of ether oxygens (including phenoxy) is 1. The van der Waals surface area contributed by atoms with Crippen LogP contribution in [0.3, 0.4) is 0 Å². The van der Waals surface area contributed by atoms with Crippen molar-refractivity contribution in [2.75, 3.05) is 33.4 Å². The molecule has 0 saturated carbocycles. The number of hydrogen-bond acceptors (Lipinski definition) is 5. The topological polar surface area (TPSA) is 105 Å². The van der Waals surface area contributed by atoms with E-state index in [1.165, 1.54) is 7.11 Å². The van der Waals surface area contributed by atoms with E-state index in [2.05, 4.69) is 10.6 Å². The van der Waals surface area contributed by atoms with Crippen molar-refractivity contribution in [3.63, 3.8) is 0 Å². The molecule has 0 spiro atoms. The van der Waals surface area contributed by atoms with E-state index in [4.69, 9.17) is 4.74 Å². The van der Waals surface area contributed by atoms with Gasteiger partial charge < -0.3 is 15.4 Å². The third kappa shape index (κ3) is 4.17. The van der Waals surface area contributed by atoms with Crippen LogP contribution in [0.2, 0.25) is 0 Å². The molecule has 8 nitrogen and oxygen atoms in total. The molecule has 1 heterocycles. The van der Waals surface area contributed by atoms with Gasteiger partial charge in [0, 0.05) is 26.6 Å². The highest BCUT2D eigenvalue weighted by Crippen LogP contribution is 2.21. The van der Waals surface area contributed by atoms with Gasteiger partial charge in [0.2, 0.25) is 11.8 Å². The summed E-state index contributed by atoms with van der Waals surface area (Å²) in [5.74, 6) is -1.58. The third-order valence-electron chi connectivity index (χ3n) is 3.48. The molecule has 1 aromatic carbocycles. The molecule has 24 heavy (non-hydrogen) atoms. The Kier molecular flexibility index (Phi) is 6.02. The van der Waals surface area contributed by atoms with Crippen LogP contribution in [0.25, 0.3) is 0 Å². The van der Waals surface area contributed by atoms with E-state index < -0.39 is 17.7 Å². The van der Waals surface area contributed by atoms with Crippen molar-refractivity contribution in [1.82, 2.24) is 15.5 Å². The number of fused-ring (bicyclic) bond motifs is 1. The third-order valence-corrected chi connectivity index (χ3v) is 3.48. The molecular weight excluding hydrogens is 314 g/mol. The Morgan fingerprint density at radius 3 is 2.08 bits per heavy atom. The SMILES string of the molecule is COCCC(=O)NCCNC(=O)CN1C(=O)c2ccccc2C1=O. The van der Waals surface area contributed by atoms with Crippen LogP contribution in [0, 0.1) is 0 Å². The Morgan fingerprint density at radius 1 is 1.00 bits per heavy atom. The number of carbonyl (C=O) groups is 4. The zero-order valence-electron chi connectivity index (χ0n) is 13.3. The van der Waals surface area contributed by atoms with E-state index in [1.807, 2.05) is 0 Å². The van der Waals surface area contributed by atoms with Gasteiger partial charge in [-0.2, -0.15) is 0 Å². The first-order chi connectivity index (χ1) is 11.5. The second-order valence-electron chi connectivity index (χ2n) is 5.18. The van der Waals surface area contributed by atoms with Crippen LogP contribution >= 0.6 is 0 Å². The average Bonchev–Trinajstić information content (AvgIpc) is 2.82. The maximum absolute atomic E-state index is 12.1. The Balaban J connectivity index is 1.75. The fourth-order valence-electron chi connectivity index (χ4n) is 2.27. The fraction of sp³-hybridized carbons (Fsp3) is 0.375. The molecule has 2 N–H and O–H groups in total. The smallest absolute Gasteiger partial charge is 0.262 e. The van der Waals surface area contributed by atoms with Crippen LogP contribution in [0.15, 0.2) is 24.3 Å². The molecule has 1 aliphatic rings. The molecule has 0 radical (unpaired) electrons. The molecule has 4 amide bonds. The first-order valence-corrected chi connectivity index (χ1v) is 7.52. The van der Waals surface area contributed by atoms with Crippen LogP contribution in [0.5, 0.6) is 0 Å². The van der Waals surface area contributed by atoms with Crippen molar-refractivity contribution in [3.05, 3.63) is 35.4 Å². The normalized spacial score (nSPS) is 13.0. The molecule has 1 aliphatic heterocycles. The Labute approximate surface area is 139 Å². The van der Waals surface area contributed by atoms with Crippen LogP contribution < -0.4 is 10.6 Å². The van der Waals surface area contributed by atoms with Gasteiger partial charge in [-0.05, 0) is 12.1 Å². The Bertz CT molecular complexity index is 624. The molecule has 0 aromatic heterocycles. The minimum absolute atomic E-state index is 0.175. The van der Waals surface area contributed by atoms with Crippen molar-refractivity contribution in [2.45, 2.75) is 6.42 Å². The monoisotopic (exact) mass is 333 g/mol. The quantitative estimate of drug-likeness (QED) is 0.495. The molecule has 0 atom stereocenters. The summed E-state index contributed by atoms with van der Waals surface area (Å²) in [7, 11) is 1.51. The van der Waals surface area contributed by atoms with Crippen LogP contribution in [-0.4, -0.2) is 61.9 Å². The highest BCUT2D eigenvalue weighted by atomic mass is 16.5. The highest BCUT2D eigenvalue weighted by Gasteiger charge is 2.36. The summed E-state index contributed by atoms with van der Waals surface area (Å²) >= 11 is 0. The summed E-state index contributed by atoms with van der Waals surface area (Å²) in [4.78, 5) is 48.4. The maximum Gasteiger partial charge on any atom is 0.262 e. The molecule has 0 saturated heterocycles. The van der Waals surface area contributed by atoms with Gasteiger partial charge in [0.05, 0.1) is 17.7 Å². The number of amides is 4. The lowest BCUT2D eigenvalue weighted by molar-refractivity contribution is -0.123. The van der Waals surface area contributed by atoms with Crippen molar-refractivity contribution >= 4 is 23.6 Å². The summed E-state index contributed by atoms with van der Waals surface area (Å²) < 4.78 is 4.78. The number of nitrogens with one attached hydrogen (secondary N) is 2. The minimum atomic E-state index is -0.474. The maximum atomic E-state index is 12.1. The lowest BCUT2D eigenvalue weighted by Gasteiger charge is -2.13. The fourth-order valence-corrected chi connectivity index (χ4v) is 2.27. The van der Waals surface area contributed by atoms with Crippen LogP contribution in [0.1, 0.15) is 27.1 Å². The zero-order valence-corrected chi connectivity index (χ0v) is 13.3. The number of imide groups is 1. The van der Waals surface area contributed by atoms with E-state index in [-0.39, 0.29) is 32.0 Å². The average molecular weight is 333 g/mol. The molecule has 8 heteroatoms. The second kappa shape index (κ2) is 8.21. The van der Waals surface area contributed by atoms with Gasteiger partial charge in [-0.1, -0.05) is 12.1 Å². The lowest BCUT2D eigenvalue weighted by atomic mass is 10.1. The summed E-state index contributed by atoms with van der Waals surface area (Å²) in [6, 6.07) is 6.45. The van der Waals surface area contributed by atoms with Gasteiger partial charge in [-0.25, -0.2) is 0 Å². The first kappa shape index (κ1) is 17.6. The number of hydrogen-bond donors (Lipinski definition) is 2. The number of nitrogens with zero attached hydrogens (tertiary/aromatic N) is 1. The predicted molar refractivity (Wildman–Crippen MR) is 84.3 cm³/mol. The number of rotatable bonds is 8. The zero-order chi connectivity index (χ0) is 17.5. The van der Waals surface area contributed by atoms with Gasteiger partial charge in [-0.15, -0.1) is 0 Å². The molecular formula is C16H19N3O5. The number of methoxy groups -OCH3 is 1. The molecule has 0 aliphatic carbocycles. The molecule has 1 aromatic rings. The summed E-state index contributed by atoms with van der Waals surface area (Å²) in [6.07, 6.45) is 0.249. The summed E-state index contributed by atoms with van der Waals surface area (Å²) in [5.41, 5.74) is 0.612. The van der Waals surface area contributed by atoms with Gasteiger partial charge in [0.25, 0.3) is 11.8 Å². The van der Waals surface area contributed by atoms with Crippen molar-refractivity contribution in [2.24, 2.45) is 0 Å². The molecule has 128 valence electrons. The highest BCUT2D eigenvalue weighted by molar-refractivity contribution is 6.22. The van der Waals surface area contributed by atoms with Crippen molar-refractivity contribution < 1.29 is 23.9 Å².